The first kappa shape index (κ1) is 9.68. The Morgan fingerprint density at radius 2 is 2.07 bits per heavy atom. The van der Waals surface area contributed by atoms with Crippen molar-refractivity contribution < 1.29 is 8.42 Å². The zero-order chi connectivity index (χ0) is 10.3. The molecular formula is C10H13NO2S. The first-order valence-electron chi connectivity index (χ1n) is 4.54. The highest BCUT2D eigenvalue weighted by atomic mass is 32.2. The fourth-order valence-corrected chi connectivity index (χ4v) is 2.25. The van der Waals surface area contributed by atoms with Crippen LogP contribution in [0, 0.1) is 0 Å². The summed E-state index contributed by atoms with van der Waals surface area (Å²) < 4.78 is 22.6. The van der Waals surface area contributed by atoms with Crippen LogP contribution in [0.3, 0.4) is 0 Å². The summed E-state index contributed by atoms with van der Waals surface area (Å²) in [5.41, 5.74) is 6.75. The molecule has 0 aliphatic heterocycles. The Morgan fingerprint density at radius 3 is 2.57 bits per heavy atom. The molecule has 2 unspecified atom stereocenters. The average Bonchev–Trinajstić information content (AvgIpc) is 2.82. The van der Waals surface area contributed by atoms with Gasteiger partial charge in [-0.05, 0) is 24.1 Å². The van der Waals surface area contributed by atoms with Crippen molar-refractivity contribution in [2.24, 2.45) is 5.73 Å². The van der Waals surface area contributed by atoms with Crippen LogP contribution in [-0.2, 0) is 9.84 Å². The van der Waals surface area contributed by atoms with Crippen molar-refractivity contribution in [1.29, 1.82) is 0 Å². The molecule has 2 rings (SSSR count). The molecule has 76 valence electrons. The van der Waals surface area contributed by atoms with Crippen LogP contribution in [-0.4, -0.2) is 20.7 Å². The van der Waals surface area contributed by atoms with Crippen molar-refractivity contribution in [3.8, 4) is 0 Å². The van der Waals surface area contributed by atoms with Crippen molar-refractivity contribution in [3.05, 3.63) is 29.8 Å². The molecule has 1 aliphatic rings. The molecule has 1 aliphatic carbocycles. The lowest BCUT2D eigenvalue weighted by atomic mass is 10.1. The maximum absolute atomic E-state index is 11.3. The predicted octanol–water partition coefficient (Wildman–Crippen LogP) is 0.905. The number of hydrogen-bond donors (Lipinski definition) is 1. The average molecular weight is 211 g/mol. The Morgan fingerprint density at radius 1 is 1.43 bits per heavy atom. The Hall–Kier alpha value is -0.870. The maximum Gasteiger partial charge on any atom is 0.175 e. The molecule has 0 radical (unpaired) electrons. The van der Waals surface area contributed by atoms with Crippen LogP contribution >= 0.6 is 0 Å². The third kappa shape index (κ3) is 1.81. The van der Waals surface area contributed by atoms with E-state index in [-0.39, 0.29) is 6.04 Å². The van der Waals surface area contributed by atoms with Gasteiger partial charge in [-0.1, -0.05) is 12.1 Å². The smallest absolute Gasteiger partial charge is 0.175 e. The van der Waals surface area contributed by atoms with Crippen LogP contribution in [0.1, 0.15) is 17.9 Å². The van der Waals surface area contributed by atoms with Gasteiger partial charge in [0.15, 0.2) is 9.84 Å². The molecule has 1 aromatic carbocycles. The molecule has 14 heavy (non-hydrogen) atoms. The van der Waals surface area contributed by atoms with Crippen LogP contribution in [0.2, 0.25) is 0 Å². The van der Waals surface area contributed by atoms with Crippen molar-refractivity contribution in [1.82, 2.24) is 0 Å². The van der Waals surface area contributed by atoms with E-state index in [1.54, 1.807) is 18.2 Å². The van der Waals surface area contributed by atoms with Gasteiger partial charge < -0.3 is 5.73 Å². The van der Waals surface area contributed by atoms with Gasteiger partial charge in [0.05, 0.1) is 4.90 Å². The summed E-state index contributed by atoms with van der Waals surface area (Å²) in [5.74, 6) is 0.358. The molecule has 0 saturated heterocycles. The minimum absolute atomic E-state index is 0.213. The Bertz CT molecular complexity index is 453. The van der Waals surface area contributed by atoms with Gasteiger partial charge in [-0.2, -0.15) is 0 Å². The minimum atomic E-state index is -3.09. The van der Waals surface area contributed by atoms with E-state index in [9.17, 15) is 8.42 Å². The standard InChI is InChI=1S/C10H13NO2S/c1-14(12,13)8-4-2-3-7(5-8)9-6-10(9)11/h2-5,9-10H,6,11H2,1H3. The second kappa shape index (κ2) is 3.07. The molecule has 0 bridgehead atoms. The molecule has 1 saturated carbocycles. The zero-order valence-electron chi connectivity index (χ0n) is 7.97. The third-order valence-electron chi connectivity index (χ3n) is 2.55. The highest BCUT2D eigenvalue weighted by molar-refractivity contribution is 7.90. The summed E-state index contributed by atoms with van der Waals surface area (Å²) in [4.78, 5) is 0.383. The normalized spacial score (nSPS) is 26.1. The van der Waals surface area contributed by atoms with E-state index in [2.05, 4.69) is 0 Å². The summed E-state index contributed by atoms with van der Waals surface area (Å²) in [6.07, 6.45) is 2.19. The zero-order valence-corrected chi connectivity index (χ0v) is 8.79. The number of nitrogens with two attached hydrogens (primary N) is 1. The summed E-state index contributed by atoms with van der Waals surface area (Å²) >= 11 is 0. The Labute approximate surface area is 83.9 Å². The van der Waals surface area contributed by atoms with E-state index in [0.29, 0.717) is 10.8 Å². The number of benzene rings is 1. The molecule has 0 heterocycles. The van der Waals surface area contributed by atoms with Gasteiger partial charge in [0.1, 0.15) is 0 Å². The number of sulfone groups is 1. The van der Waals surface area contributed by atoms with Gasteiger partial charge >= 0.3 is 0 Å². The van der Waals surface area contributed by atoms with Crippen LogP contribution in [0.25, 0.3) is 0 Å². The highest BCUT2D eigenvalue weighted by Gasteiger charge is 2.34. The van der Waals surface area contributed by atoms with Crippen LogP contribution in [0.4, 0.5) is 0 Å². The topological polar surface area (TPSA) is 60.2 Å². The van der Waals surface area contributed by atoms with Gasteiger partial charge in [0.25, 0.3) is 0 Å². The second-order valence-electron chi connectivity index (χ2n) is 3.85. The molecule has 2 N–H and O–H groups in total. The van der Waals surface area contributed by atoms with Gasteiger partial charge in [0.2, 0.25) is 0 Å². The van der Waals surface area contributed by atoms with Gasteiger partial charge in [-0.25, -0.2) is 8.42 Å². The summed E-state index contributed by atoms with van der Waals surface area (Å²) in [7, 11) is -3.09. The second-order valence-corrected chi connectivity index (χ2v) is 5.87. The largest absolute Gasteiger partial charge is 0.327 e. The van der Waals surface area contributed by atoms with E-state index in [1.165, 1.54) is 6.26 Å². The molecule has 1 aromatic rings. The minimum Gasteiger partial charge on any atom is -0.327 e. The molecular weight excluding hydrogens is 198 g/mol. The lowest BCUT2D eigenvalue weighted by molar-refractivity contribution is 0.601. The fraction of sp³-hybridized carbons (Fsp3) is 0.400. The molecule has 0 amide bonds. The van der Waals surface area contributed by atoms with Crippen molar-refractivity contribution >= 4 is 9.84 Å². The quantitative estimate of drug-likeness (QED) is 0.790. The van der Waals surface area contributed by atoms with E-state index in [0.717, 1.165) is 12.0 Å². The number of hydrogen-bond acceptors (Lipinski definition) is 3. The molecule has 0 spiro atoms. The van der Waals surface area contributed by atoms with Gasteiger partial charge in [0, 0.05) is 18.2 Å². The molecule has 3 nitrogen and oxygen atoms in total. The predicted molar refractivity (Wildman–Crippen MR) is 54.9 cm³/mol. The van der Waals surface area contributed by atoms with Gasteiger partial charge in [-0.15, -0.1) is 0 Å². The SMILES string of the molecule is CS(=O)(=O)c1cccc(C2CC2N)c1. The van der Waals surface area contributed by atoms with E-state index < -0.39 is 9.84 Å². The van der Waals surface area contributed by atoms with Crippen LogP contribution in [0.5, 0.6) is 0 Å². The van der Waals surface area contributed by atoms with E-state index >= 15 is 0 Å². The maximum atomic E-state index is 11.3. The summed E-state index contributed by atoms with van der Waals surface area (Å²) in [6, 6.07) is 7.27. The molecule has 2 atom stereocenters. The van der Waals surface area contributed by atoms with Crippen LogP contribution < -0.4 is 5.73 Å². The lowest BCUT2D eigenvalue weighted by Gasteiger charge is -2.02. The third-order valence-corrected chi connectivity index (χ3v) is 3.66. The first-order chi connectivity index (χ1) is 6.48. The monoisotopic (exact) mass is 211 g/mol. The summed E-state index contributed by atoms with van der Waals surface area (Å²) in [5, 5.41) is 0. The molecule has 4 heteroatoms. The fourth-order valence-electron chi connectivity index (χ4n) is 1.57. The molecule has 1 fully saturated rings. The summed E-state index contributed by atoms with van der Waals surface area (Å²) in [6.45, 7) is 0. The molecule has 0 aromatic heterocycles. The first-order valence-corrected chi connectivity index (χ1v) is 6.43. The van der Waals surface area contributed by atoms with Crippen molar-refractivity contribution in [3.63, 3.8) is 0 Å². The number of rotatable bonds is 2. The van der Waals surface area contributed by atoms with E-state index in [4.69, 9.17) is 5.73 Å². The lowest BCUT2D eigenvalue weighted by Crippen LogP contribution is -2.02. The Balaban J connectivity index is 2.37. The van der Waals surface area contributed by atoms with E-state index in [1.807, 2.05) is 6.07 Å². The van der Waals surface area contributed by atoms with Crippen molar-refractivity contribution in [2.75, 3.05) is 6.26 Å². The van der Waals surface area contributed by atoms with Crippen LogP contribution in [0.15, 0.2) is 29.2 Å². The highest BCUT2D eigenvalue weighted by Crippen LogP contribution is 2.39. The Kier molecular flexibility index (Phi) is 2.12. The van der Waals surface area contributed by atoms with Gasteiger partial charge in [-0.3, -0.25) is 0 Å². The van der Waals surface area contributed by atoms with Crippen molar-refractivity contribution in [2.45, 2.75) is 23.3 Å².